The number of carboxylic acid groups (broad SMARTS) is 1. The van der Waals surface area contributed by atoms with Gasteiger partial charge in [0.25, 0.3) is 0 Å². The van der Waals surface area contributed by atoms with Crippen LogP contribution in [0, 0.1) is 5.92 Å². The average molecular weight is 263 g/mol. The number of aliphatic carboxylic acids is 1. The van der Waals surface area contributed by atoms with Crippen LogP contribution in [0.25, 0.3) is 0 Å². The lowest BCUT2D eigenvalue weighted by Crippen LogP contribution is -2.42. The quantitative estimate of drug-likeness (QED) is 0.873. The van der Waals surface area contributed by atoms with Crippen LogP contribution < -0.4 is 0 Å². The number of phenols is 1. The molecule has 19 heavy (non-hydrogen) atoms. The van der Waals surface area contributed by atoms with E-state index in [2.05, 4.69) is 11.8 Å². The van der Waals surface area contributed by atoms with E-state index >= 15 is 0 Å². The van der Waals surface area contributed by atoms with Gasteiger partial charge in [0.05, 0.1) is 5.92 Å². The number of phenolic OH excluding ortho intramolecular Hbond substituents is 1. The van der Waals surface area contributed by atoms with Crippen molar-refractivity contribution in [1.29, 1.82) is 0 Å². The molecule has 0 spiro atoms. The zero-order valence-corrected chi connectivity index (χ0v) is 11.2. The van der Waals surface area contributed by atoms with Gasteiger partial charge in [0.1, 0.15) is 5.75 Å². The molecule has 1 fully saturated rings. The fraction of sp³-hybridized carbons (Fsp3) is 0.533. The van der Waals surface area contributed by atoms with Crippen LogP contribution in [0.15, 0.2) is 24.3 Å². The summed E-state index contributed by atoms with van der Waals surface area (Å²) in [7, 11) is 0. The Morgan fingerprint density at radius 3 is 2.42 bits per heavy atom. The molecule has 104 valence electrons. The zero-order chi connectivity index (χ0) is 13.8. The minimum atomic E-state index is -0.661. The maximum absolute atomic E-state index is 10.9. The Balaban J connectivity index is 1.86. The Bertz CT molecular complexity index is 422. The molecule has 0 bridgehead atoms. The molecule has 1 aromatic carbocycles. The maximum Gasteiger partial charge on any atom is 0.306 e. The van der Waals surface area contributed by atoms with Crippen LogP contribution in [0.3, 0.4) is 0 Å². The highest BCUT2D eigenvalue weighted by Crippen LogP contribution is 2.21. The van der Waals surface area contributed by atoms with Gasteiger partial charge in [-0.3, -0.25) is 4.79 Å². The van der Waals surface area contributed by atoms with Gasteiger partial charge in [0.2, 0.25) is 0 Å². The van der Waals surface area contributed by atoms with Crippen molar-refractivity contribution in [2.24, 2.45) is 5.92 Å². The van der Waals surface area contributed by atoms with Crippen molar-refractivity contribution in [3.05, 3.63) is 29.8 Å². The topological polar surface area (TPSA) is 60.8 Å². The summed E-state index contributed by atoms with van der Waals surface area (Å²) in [4.78, 5) is 13.3. The molecule has 0 amide bonds. The number of carbonyl (C=O) groups is 1. The third kappa shape index (κ3) is 3.70. The first kappa shape index (κ1) is 13.9. The van der Waals surface area contributed by atoms with Crippen molar-refractivity contribution in [2.75, 3.05) is 13.1 Å². The molecule has 4 heteroatoms. The summed E-state index contributed by atoms with van der Waals surface area (Å²) in [6.45, 7) is 3.89. The van der Waals surface area contributed by atoms with E-state index < -0.39 is 5.97 Å². The zero-order valence-electron chi connectivity index (χ0n) is 11.2. The molecule has 0 aromatic heterocycles. The first-order valence-corrected chi connectivity index (χ1v) is 6.81. The molecule has 0 aliphatic carbocycles. The highest BCUT2D eigenvalue weighted by Gasteiger charge is 2.26. The van der Waals surface area contributed by atoms with Crippen LogP contribution in [0.5, 0.6) is 5.75 Å². The Morgan fingerprint density at radius 2 is 1.89 bits per heavy atom. The van der Waals surface area contributed by atoms with Crippen molar-refractivity contribution in [3.63, 3.8) is 0 Å². The molecule has 1 atom stereocenters. The monoisotopic (exact) mass is 263 g/mol. The lowest BCUT2D eigenvalue weighted by molar-refractivity contribution is -0.143. The Morgan fingerprint density at radius 1 is 1.32 bits per heavy atom. The van der Waals surface area contributed by atoms with Gasteiger partial charge in [-0.1, -0.05) is 12.1 Å². The van der Waals surface area contributed by atoms with E-state index in [1.54, 1.807) is 12.1 Å². The normalized spacial score (nSPS) is 19.2. The molecule has 1 saturated heterocycles. The SMILES string of the molecule is CC(Cc1ccc(O)cc1)N1CCC(C(=O)O)CC1. The number of rotatable bonds is 4. The Hall–Kier alpha value is -1.55. The van der Waals surface area contributed by atoms with Crippen molar-refractivity contribution in [3.8, 4) is 5.75 Å². The third-order valence-electron chi connectivity index (χ3n) is 3.97. The van der Waals surface area contributed by atoms with Gasteiger partial charge in [-0.2, -0.15) is 0 Å². The van der Waals surface area contributed by atoms with E-state index in [0.717, 1.165) is 32.4 Å². The number of carboxylic acids is 1. The van der Waals surface area contributed by atoms with Crippen LogP contribution in [0.1, 0.15) is 25.3 Å². The van der Waals surface area contributed by atoms with Crippen molar-refractivity contribution in [2.45, 2.75) is 32.2 Å². The molecule has 2 rings (SSSR count). The number of benzene rings is 1. The lowest BCUT2D eigenvalue weighted by Gasteiger charge is -2.34. The van der Waals surface area contributed by atoms with Crippen LogP contribution >= 0.6 is 0 Å². The van der Waals surface area contributed by atoms with Gasteiger partial charge in [-0.15, -0.1) is 0 Å². The van der Waals surface area contributed by atoms with Gasteiger partial charge in [-0.25, -0.2) is 0 Å². The average Bonchev–Trinajstić information content (AvgIpc) is 2.41. The van der Waals surface area contributed by atoms with Crippen molar-refractivity contribution < 1.29 is 15.0 Å². The number of hydrogen-bond acceptors (Lipinski definition) is 3. The summed E-state index contributed by atoms with van der Waals surface area (Å²) in [6.07, 6.45) is 2.42. The largest absolute Gasteiger partial charge is 0.508 e. The molecule has 4 nitrogen and oxygen atoms in total. The number of aromatic hydroxyl groups is 1. The minimum absolute atomic E-state index is 0.169. The van der Waals surface area contributed by atoms with E-state index in [4.69, 9.17) is 5.11 Å². The summed E-state index contributed by atoms with van der Waals surface area (Å²) in [5, 5.41) is 18.2. The minimum Gasteiger partial charge on any atom is -0.508 e. The van der Waals surface area contributed by atoms with Gasteiger partial charge >= 0.3 is 5.97 Å². The van der Waals surface area contributed by atoms with Gasteiger partial charge in [-0.05, 0) is 57.0 Å². The molecular formula is C15H21NO3. The fourth-order valence-electron chi connectivity index (χ4n) is 2.69. The number of likely N-dealkylation sites (tertiary alicyclic amines) is 1. The predicted octanol–water partition coefficient (Wildman–Crippen LogP) is 2.12. The van der Waals surface area contributed by atoms with Crippen LogP contribution in [0.2, 0.25) is 0 Å². The van der Waals surface area contributed by atoms with E-state index in [9.17, 15) is 9.90 Å². The smallest absolute Gasteiger partial charge is 0.306 e. The molecule has 1 aromatic rings. The van der Waals surface area contributed by atoms with E-state index in [1.165, 1.54) is 5.56 Å². The summed E-state index contributed by atoms with van der Waals surface area (Å²) >= 11 is 0. The second kappa shape index (κ2) is 6.06. The molecule has 1 aliphatic heterocycles. The van der Waals surface area contributed by atoms with Crippen LogP contribution in [0.4, 0.5) is 0 Å². The maximum atomic E-state index is 10.9. The van der Waals surface area contributed by atoms with Gasteiger partial charge in [0, 0.05) is 6.04 Å². The molecule has 0 saturated carbocycles. The molecule has 1 aliphatic rings. The second-order valence-electron chi connectivity index (χ2n) is 5.37. The number of nitrogens with zero attached hydrogens (tertiary/aromatic N) is 1. The summed E-state index contributed by atoms with van der Waals surface area (Å²) < 4.78 is 0. The standard InChI is InChI=1S/C15H21NO3/c1-11(10-12-2-4-14(17)5-3-12)16-8-6-13(7-9-16)15(18)19/h2-5,11,13,17H,6-10H2,1H3,(H,18,19). The first-order valence-electron chi connectivity index (χ1n) is 6.81. The Labute approximate surface area is 113 Å². The molecule has 0 radical (unpaired) electrons. The summed E-state index contributed by atoms with van der Waals surface area (Å²) in [6, 6.07) is 7.70. The third-order valence-corrected chi connectivity index (χ3v) is 3.97. The summed E-state index contributed by atoms with van der Waals surface area (Å²) in [5.41, 5.74) is 1.20. The van der Waals surface area contributed by atoms with Gasteiger partial charge in [0.15, 0.2) is 0 Å². The number of piperidine rings is 1. The Kier molecular flexibility index (Phi) is 4.43. The summed E-state index contributed by atoms with van der Waals surface area (Å²) in [5.74, 6) is -0.540. The van der Waals surface area contributed by atoms with Gasteiger partial charge < -0.3 is 15.1 Å². The van der Waals surface area contributed by atoms with E-state index in [1.807, 2.05) is 12.1 Å². The second-order valence-corrected chi connectivity index (χ2v) is 5.37. The highest BCUT2D eigenvalue weighted by molar-refractivity contribution is 5.70. The molecule has 2 N–H and O–H groups in total. The lowest BCUT2D eigenvalue weighted by atomic mass is 9.95. The van der Waals surface area contributed by atoms with E-state index in [-0.39, 0.29) is 5.92 Å². The first-order chi connectivity index (χ1) is 9.06. The van der Waals surface area contributed by atoms with Crippen molar-refractivity contribution in [1.82, 2.24) is 4.90 Å². The van der Waals surface area contributed by atoms with E-state index in [0.29, 0.717) is 11.8 Å². The fourth-order valence-corrected chi connectivity index (χ4v) is 2.69. The van der Waals surface area contributed by atoms with Crippen LogP contribution in [-0.4, -0.2) is 40.2 Å². The molecule has 1 heterocycles. The molecular weight excluding hydrogens is 242 g/mol. The highest BCUT2D eigenvalue weighted by atomic mass is 16.4. The van der Waals surface area contributed by atoms with Crippen LogP contribution in [-0.2, 0) is 11.2 Å². The molecule has 1 unspecified atom stereocenters. The van der Waals surface area contributed by atoms with Crippen molar-refractivity contribution >= 4 is 5.97 Å². The number of hydrogen-bond donors (Lipinski definition) is 2. The predicted molar refractivity (Wildman–Crippen MR) is 73.2 cm³/mol.